The summed E-state index contributed by atoms with van der Waals surface area (Å²) >= 11 is 6.01. The summed E-state index contributed by atoms with van der Waals surface area (Å²) in [7, 11) is 0. The van der Waals surface area contributed by atoms with Crippen LogP contribution in [0.25, 0.3) is 0 Å². The van der Waals surface area contributed by atoms with Crippen LogP contribution in [0.4, 0.5) is 5.69 Å². The summed E-state index contributed by atoms with van der Waals surface area (Å²) in [6, 6.07) is 9.24. The van der Waals surface area contributed by atoms with Crippen LogP contribution in [0.3, 0.4) is 0 Å². The van der Waals surface area contributed by atoms with Gasteiger partial charge < -0.3 is 4.79 Å². The fourth-order valence-corrected chi connectivity index (χ4v) is 2.04. The van der Waals surface area contributed by atoms with Crippen LogP contribution in [0, 0.1) is 10.1 Å². The van der Waals surface area contributed by atoms with Gasteiger partial charge in [0.2, 0.25) is 0 Å². The first-order valence-electron chi connectivity index (χ1n) is 5.43. The minimum atomic E-state index is -0.630. The third-order valence-electron chi connectivity index (χ3n) is 2.67. The van der Waals surface area contributed by atoms with Crippen molar-refractivity contribution in [2.45, 2.75) is 5.92 Å². The summed E-state index contributed by atoms with van der Waals surface area (Å²) in [6.45, 7) is 0. The molecular formula is C13H9ClN2O3. The van der Waals surface area contributed by atoms with Gasteiger partial charge in [-0.3, -0.25) is 15.1 Å². The molecule has 6 heteroatoms. The minimum absolute atomic E-state index is 0.112. The normalized spacial score (nSPS) is 11.8. The van der Waals surface area contributed by atoms with Gasteiger partial charge in [-0.05, 0) is 23.8 Å². The van der Waals surface area contributed by atoms with Crippen molar-refractivity contribution in [1.29, 1.82) is 0 Å². The number of non-ortho nitro benzene ring substituents is 1. The molecule has 0 spiro atoms. The zero-order valence-electron chi connectivity index (χ0n) is 9.69. The summed E-state index contributed by atoms with van der Waals surface area (Å²) in [4.78, 5) is 25.4. The maximum Gasteiger partial charge on any atom is 0.270 e. The topological polar surface area (TPSA) is 73.1 Å². The average Bonchev–Trinajstić information content (AvgIpc) is 2.42. The molecule has 0 saturated heterocycles. The van der Waals surface area contributed by atoms with Gasteiger partial charge in [0.15, 0.2) is 0 Å². The third-order valence-corrected chi connectivity index (χ3v) is 3.00. The number of nitro groups is 1. The van der Waals surface area contributed by atoms with E-state index in [1.807, 2.05) is 0 Å². The van der Waals surface area contributed by atoms with Gasteiger partial charge in [-0.2, -0.15) is 0 Å². The molecule has 0 radical (unpaired) electrons. The predicted molar refractivity (Wildman–Crippen MR) is 70.3 cm³/mol. The summed E-state index contributed by atoms with van der Waals surface area (Å²) in [5, 5.41) is 10.8. The van der Waals surface area contributed by atoms with E-state index in [2.05, 4.69) is 4.98 Å². The molecule has 1 aromatic heterocycles. The van der Waals surface area contributed by atoms with E-state index in [-0.39, 0.29) is 10.7 Å². The van der Waals surface area contributed by atoms with E-state index in [1.54, 1.807) is 24.4 Å². The zero-order chi connectivity index (χ0) is 13.8. The molecule has 0 amide bonds. The Bertz CT molecular complexity index is 617. The van der Waals surface area contributed by atoms with Gasteiger partial charge in [-0.1, -0.05) is 17.7 Å². The first-order chi connectivity index (χ1) is 9.13. The fourth-order valence-electron chi connectivity index (χ4n) is 1.74. The number of carbonyl (C=O) groups excluding carboxylic acids is 1. The molecular weight excluding hydrogens is 268 g/mol. The van der Waals surface area contributed by atoms with Crippen molar-refractivity contribution in [3.05, 3.63) is 69.0 Å². The van der Waals surface area contributed by atoms with Crippen LogP contribution in [-0.4, -0.2) is 16.2 Å². The Labute approximate surface area is 114 Å². The van der Waals surface area contributed by atoms with Gasteiger partial charge in [0.05, 0.1) is 21.6 Å². The standard InChI is InChI=1S/C13H9ClN2O3/c14-12-7-9(16(18)19)4-5-10(12)11(8-17)13-3-1-2-6-15-13/h1-8,11H/t11-/m0/s1. The number of nitro benzene ring substituents is 1. The SMILES string of the molecule is O=C[C@H](c1ccccn1)c1ccc([N+](=O)[O-])cc1Cl. The lowest BCUT2D eigenvalue weighted by atomic mass is 9.96. The highest BCUT2D eigenvalue weighted by Gasteiger charge is 2.19. The number of aldehydes is 1. The number of pyridine rings is 1. The molecule has 0 aliphatic carbocycles. The highest BCUT2D eigenvalue weighted by atomic mass is 35.5. The number of hydrogen-bond acceptors (Lipinski definition) is 4. The zero-order valence-corrected chi connectivity index (χ0v) is 10.4. The molecule has 19 heavy (non-hydrogen) atoms. The van der Waals surface area contributed by atoms with Crippen molar-refractivity contribution in [2.75, 3.05) is 0 Å². The molecule has 2 aromatic rings. The molecule has 1 atom stereocenters. The maximum absolute atomic E-state index is 11.2. The van der Waals surface area contributed by atoms with E-state index < -0.39 is 10.8 Å². The van der Waals surface area contributed by atoms with Crippen LogP contribution in [-0.2, 0) is 4.79 Å². The molecule has 0 aliphatic rings. The quantitative estimate of drug-likeness (QED) is 0.489. The lowest BCUT2D eigenvalue weighted by molar-refractivity contribution is -0.384. The molecule has 0 unspecified atom stereocenters. The average molecular weight is 277 g/mol. The molecule has 0 aliphatic heterocycles. The van der Waals surface area contributed by atoms with Gasteiger partial charge >= 0.3 is 0 Å². The van der Waals surface area contributed by atoms with Crippen LogP contribution in [0.2, 0.25) is 5.02 Å². The maximum atomic E-state index is 11.2. The molecule has 2 rings (SSSR count). The van der Waals surface area contributed by atoms with Gasteiger partial charge in [0.25, 0.3) is 5.69 Å². The Morgan fingerprint density at radius 2 is 2.11 bits per heavy atom. The first-order valence-corrected chi connectivity index (χ1v) is 5.81. The summed E-state index contributed by atoms with van der Waals surface area (Å²) in [5.74, 6) is -0.630. The van der Waals surface area contributed by atoms with Crippen molar-refractivity contribution in [3.8, 4) is 0 Å². The predicted octanol–water partition coefficient (Wildman–Crippen LogP) is 2.97. The fraction of sp³-hybridized carbons (Fsp3) is 0.0769. The number of hydrogen-bond donors (Lipinski definition) is 0. The molecule has 0 fully saturated rings. The van der Waals surface area contributed by atoms with Gasteiger partial charge in [-0.25, -0.2) is 0 Å². The van der Waals surface area contributed by atoms with Crippen molar-refractivity contribution in [1.82, 2.24) is 4.98 Å². The number of carbonyl (C=O) groups is 1. The van der Waals surface area contributed by atoms with Crippen molar-refractivity contribution in [3.63, 3.8) is 0 Å². The smallest absolute Gasteiger partial charge is 0.270 e. The number of rotatable bonds is 4. The minimum Gasteiger partial charge on any atom is -0.302 e. The van der Waals surface area contributed by atoms with E-state index in [0.29, 0.717) is 11.3 Å². The van der Waals surface area contributed by atoms with Gasteiger partial charge in [0, 0.05) is 18.3 Å². The Balaban J connectivity index is 2.45. The second-order valence-electron chi connectivity index (χ2n) is 3.83. The molecule has 1 aromatic carbocycles. The first kappa shape index (κ1) is 13.2. The Kier molecular flexibility index (Phi) is 3.87. The number of nitrogens with zero attached hydrogens (tertiary/aromatic N) is 2. The number of halogens is 1. The third kappa shape index (κ3) is 2.77. The van der Waals surface area contributed by atoms with E-state index in [0.717, 1.165) is 6.29 Å². The Hall–Kier alpha value is -2.27. The van der Waals surface area contributed by atoms with Gasteiger partial charge in [-0.15, -0.1) is 0 Å². The molecule has 0 N–H and O–H groups in total. The Morgan fingerprint density at radius 3 is 2.63 bits per heavy atom. The number of benzene rings is 1. The van der Waals surface area contributed by atoms with E-state index in [9.17, 15) is 14.9 Å². The van der Waals surface area contributed by atoms with E-state index in [4.69, 9.17) is 11.6 Å². The van der Waals surface area contributed by atoms with Crippen LogP contribution < -0.4 is 0 Å². The lowest BCUT2D eigenvalue weighted by Gasteiger charge is -2.11. The molecule has 5 nitrogen and oxygen atoms in total. The molecule has 0 saturated carbocycles. The van der Waals surface area contributed by atoms with Gasteiger partial charge in [0.1, 0.15) is 6.29 Å². The van der Waals surface area contributed by atoms with Crippen molar-refractivity contribution in [2.24, 2.45) is 0 Å². The lowest BCUT2D eigenvalue weighted by Crippen LogP contribution is -2.05. The highest BCUT2D eigenvalue weighted by molar-refractivity contribution is 6.31. The highest BCUT2D eigenvalue weighted by Crippen LogP contribution is 2.30. The van der Waals surface area contributed by atoms with Crippen molar-refractivity contribution >= 4 is 23.6 Å². The Morgan fingerprint density at radius 1 is 1.32 bits per heavy atom. The number of aromatic nitrogens is 1. The summed E-state index contributed by atoms with van der Waals surface area (Å²) < 4.78 is 0. The van der Waals surface area contributed by atoms with E-state index >= 15 is 0 Å². The van der Waals surface area contributed by atoms with Crippen LogP contribution in [0.1, 0.15) is 17.2 Å². The molecule has 96 valence electrons. The monoisotopic (exact) mass is 276 g/mol. The molecule has 1 heterocycles. The van der Waals surface area contributed by atoms with E-state index in [1.165, 1.54) is 18.2 Å². The van der Waals surface area contributed by atoms with Crippen LogP contribution >= 0.6 is 11.6 Å². The second-order valence-corrected chi connectivity index (χ2v) is 4.24. The largest absolute Gasteiger partial charge is 0.302 e. The van der Waals surface area contributed by atoms with Crippen LogP contribution in [0.15, 0.2) is 42.6 Å². The van der Waals surface area contributed by atoms with Crippen molar-refractivity contribution < 1.29 is 9.72 Å². The summed E-state index contributed by atoms with van der Waals surface area (Å²) in [5.41, 5.74) is 0.939. The second kappa shape index (κ2) is 5.58. The molecule has 0 bridgehead atoms. The summed E-state index contributed by atoms with van der Waals surface area (Å²) in [6.07, 6.45) is 2.29. The van der Waals surface area contributed by atoms with Crippen LogP contribution in [0.5, 0.6) is 0 Å².